The molecule has 0 atom stereocenters. The van der Waals surface area contributed by atoms with Crippen LogP contribution >= 0.6 is 11.3 Å². The molecule has 7 heteroatoms. The number of ether oxygens (including phenoxy) is 1. The Labute approximate surface area is 148 Å². The highest BCUT2D eigenvalue weighted by Gasteiger charge is 2.19. The van der Waals surface area contributed by atoms with Gasteiger partial charge in [-0.15, -0.1) is 11.3 Å². The average molecular weight is 355 g/mol. The summed E-state index contributed by atoms with van der Waals surface area (Å²) in [5.74, 6) is -0.799. The number of hydrogen-bond donors (Lipinski definition) is 2. The van der Waals surface area contributed by atoms with Crippen molar-refractivity contribution in [2.45, 2.75) is 13.8 Å². The van der Waals surface area contributed by atoms with Crippen LogP contribution in [-0.4, -0.2) is 24.0 Å². The maximum absolute atomic E-state index is 12.6. The quantitative estimate of drug-likeness (QED) is 0.701. The number of thiophene rings is 1. The van der Waals surface area contributed by atoms with E-state index in [4.69, 9.17) is 5.73 Å². The molecule has 0 saturated heterocycles. The third kappa shape index (κ3) is 3.18. The standard InChI is InChI=1S/C18H17N3O3S/c1-9-7-10(2)20-17-13(9)14(19)15(25-17)16(22)21-12-6-4-5-11(8-12)18(23)24-3/h4-8H,19H2,1-3H3,(H,21,22). The summed E-state index contributed by atoms with van der Waals surface area (Å²) >= 11 is 1.25. The first-order chi connectivity index (χ1) is 11.9. The van der Waals surface area contributed by atoms with Gasteiger partial charge in [-0.2, -0.15) is 0 Å². The van der Waals surface area contributed by atoms with Crippen molar-refractivity contribution in [3.8, 4) is 0 Å². The lowest BCUT2D eigenvalue weighted by molar-refractivity contribution is 0.0600. The van der Waals surface area contributed by atoms with Gasteiger partial charge in [0, 0.05) is 16.8 Å². The maximum atomic E-state index is 12.6. The van der Waals surface area contributed by atoms with Crippen LogP contribution in [0.2, 0.25) is 0 Å². The summed E-state index contributed by atoms with van der Waals surface area (Å²) in [6.45, 7) is 3.85. The van der Waals surface area contributed by atoms with Crippen LogP contribution < -0.4 is 11.1 Å². The smallest absolute Gasteiger partial charge is 0.337 e. The molecule has 0 fully saturated rings. The molecular formula is C18H17N3O3S. The highest BCUT2D eigenvalue weighted by molar-refractivity contribution is 7.21. The number of pyridine rings is 1. The molecule has 25 heavy (non-hydrogen) atoms. The molecule has 0 aliphatic rings. The molecule has 2 aromatic heterocycles. The summed E-state index contributed by atoms with van der Waals surface area (Å²) in [7, 11) is 1.31. The minimum Gasteiger partial charge on any atom is -0.465 e. The number of nitrogen functional groups attached to an aromatic ring is 1. The number of hydrogen-bond acceptors (Lipinski definition) is 6. The van der Waals surface area contributed by atoms with E-state index in [1.54, 1.807) is 24.3 Å². The minimum atomic E-state index is -0.465. The second-order valence-corrected chi connectivity index (χ2v) is 6.63. The zero-order valence-electron chi connectivity index (χ0n) is 14.0. The zero-order chi connectivity index (χ0) is 18.1. The number of benzene rings is 1. The van der Waals surface area contributed by atoms with Crippen LogP contribution in [0, 0.1) is 13.8 Å². The summed E-state index contributed by atoms with van der Waals surface area (Å²) in [6, 6.07) is 8.48. The predicted octanol–water partition coefficient (Wildman–Crippen LogP) is 3.53. The monoisotopic (exact) mass is 355 g/mol. The number of nitrogens with two attached hydrogens (primary N) is 1. The van der Waals surface area contributed by atoms with E-state index in [9.17, 15) is 9.59 Å². The van der Waals surface area contributed by atoms with E-state index >= 15 is 0 Å². The Bertz CT molecular complexity index is 995. The Balaban J connectivity index is 1.94. The summed E-state index contributed by atoms with van der Waals surface area (Å²) in [6.07, 6.45) is 0. The number of nitrogens with one attached hydrogen (secondary N) is 1. The van der Waals surface area contributed by atoms with Gasteiger partial charge < -0.3 is 15.8 Å². The molecule has 6 nitrogen and oxygen atoms in total. The van der Waals surface area contributed by atoms with Crippen LogP contribution in [0.1, 0.15) is 31.3 Å². The Morgan fingerprint density at radius 3 is 2.72 bits per heavy atom. The third-order valence-electron chi connectivity index (χ3n) is 3.77. The van der Waals surface area contributed by atoms with Crippen molar-refractivity contribution in [1.82, 2.24) is 4.98 Å². The fourth-order valence-corrected chi connectivity index (χ4v) is 3.78. The van der Waals surface area contributed by atoms with Crippen molar-refractivity contribution in [3.05, 3.63) is 52.0 Å². The SMILES string of the molecule is COC(=O)c1cccc(NC(=O)c2sc3nc(C)cc(C)c3c2N)c1. The van der Waals surface area contributed by atoms with Crippen molar-refractivity contribution in [1.29, 1.82) is 0 Å². The van der Waals surface area contributed by atoms with Crippen molar-refractivity contribution in [3.63, 3.8) is 0 Å². The molecule has 3 N–H and O–H groups in total. The largest absolute Gasteiger partial charge is 0.465 e. The second kappa shape index (κ2) is 6.52. The van der Waals surface area contributed by atoms with E-state index in [2.05, 4.69) is 15.0 Å². The molecule has 0 aliphatic carbocycles. The van der Waals surface area contributed by atoms with Crippen molar-refractivity contribution >= 4 is 44.8 Å². The van der Waals surface area contributed by atoms with E-state index in [0.29, 0.717) is 21.8 Å². The molecule has 128 valence electrons. The van der Waals surface area contributed by atoms with Gasteiger partial charge in [0.1, 0.15) is 9.71 Å². The minimum absolute atomic E-state index is 0.334. The van der Waals surface area contributed by atoms with Crippen LogP contribution in [0.3, 0.4) is 0 Å². The number of methoxy groups -OCH3 is 1. The molecule has 1 aromatic carbocycles. The van der Waals surface area contributed by atoms with E-state index in [-0.39, 0.29) is 5.91 Å². The van der Waals surface area contributed by atoms with Gasteiger partial charge in [0.25, 0.3) is 5.91 Å². The highest BCUT2D eigenvalue weighted by atomic mass is 32.1. The number of aryl methyl sites for hydroxylation is 2. The average Bonchev–Trinajstić information content (AvgIpc) is 2.91. The van der Waals surface area contributed by atoms with Gasteiger partial charge in [0.2, 0.25) is 0 Å². The number of fused-ring (bicyclic) bond motifs is 1. The number of nitrogens with zero attached hydrogens (tertiary/aromatic N) is 1. The first kappa shape index (κ1) is 16.9. The number of amides is 1. The topological polar surface area (TPSA) is 94.3 Å². The van der Waals surface area contributed by atoms with Crippen molar-refractivity contribution in [2.75, 3.05) is 18.2 Å². The molecule has 1 amide bonds. The lowest BCUT2D eigenvalue weighted by atomic mass is 10.1. The number of carbonyl (C=O) groups is 2. The van der Waals surface area contributed by atoms with Gasteiger partial charge in [-0.3, -0.25) is 4.79 Å². The first-order valence-electron chi connectivity index (χ1n) is 7.56. The number of anilines is 2. The van der Waals surface area contributed by atoms with Crippen molar-refractivity contribution < 1.29 is 14.3 Å². The first-order valence-corrected chi connectivity index (χ1v) is 8.38. The molecule has 0 aliphatic heterocycles. The Hall–Kier alpha value is -2.93. The second-order valence-electron chi connectivity index (χ2n) is 5.63. The van der Waals surface area contributed by atoms with Crippen LogP contribution in [0.4, 0.5) is 11.4 Å². The number of carbonyl (C=O) groups excluding carboxylic acids is 2. The normalized spacial score (nSPS) is 10.7. The number of aromatic nitrogens is 1. The highest BCUT2D eigenvalue weighted by Crippen LogP contribution is 2.35. The maximum Gasteiger partial charge on any atom is 0.337 e. The van der Waals surface area contributed by atoms with Crippen LogP contribution in [-0.2, 0) is 4.74 Å². The lowest BCUT2D eigenvalue weighted by Gasteiger charge is -2.06. The fraction of sp³-hybridized carbons (Fsp3) is 0.167. The van der Waals surface area contributed by atoms with E-state index < -0.39 is 5.97 Å². The van der Waals surface area contributed by atoms with Gasteiger partial charge in [0.15, 0.2) is 0 Å². The summed E-state index contributed by atoms with van der Waals surface area (Å²) in [4.78, 5) is 29.8. The summed E-state index contributed by atoms with van der Waals surface area (Å²) < 4.78 is 4.69. The number of rotatable bonds is 3. The van der Waals surface area contributed by atoms with Gasteiger partial charge in [-0.1, -0.05) is 6.07 Å². The molecule has 0 unspecified atom stereocenters. The molecule has 0 spiro atoms. The van der Waals surface area contributed by atoms with Crippen LogP contribution in [0.5, 0.6) is 0 Å². The molecular weight excluding hydrogens is 338 g/mol. The van der Waals surface area contributed by atoms with Gasteiger partial charge in [-0.25, -0.2) is 9.78 Å². The zero-order valence-corrected chi connectivity index (χ0v) is 14.9. The third-order valence-corrected chi connectivity index (χ3v) is 4.87. The van der Waals surface area contributed by atoms with E-state index in [1.165, 1.54) is 18.4 Å². The van der Waals surface area contributed by atoms with Crippen LogP contribution in [0.15, 0.2) is 30.3 Å². The van der Waals surface area contributed by atoms with Gasteiger partial charge in [-0.05, 0) is 43.7 Å². The Kier molecular flexibility index (Phi) is 4.41. The van der Waals surface area contributed by atoms with Crippen molar-refractivity contribution in [2.24, 2.45) is 0 Å². The molecule has 3 rings (SSSR count). The predicted molar refractivity (Wildman–Crippen MR) is 99.2 cm³/mol. The fourth-order valence-electron chi connectivity index (χ4n) is 2.67. The molecule has 2 heterocycles. The Morgan fingerprint density at radius 1 is 1.24 bits per heavy atom. The van der Waals surface area contributed by atoms with E-state index in [0.717, 1.165) is 21.5 Å². The Morgan fingerprint density at radius 2 is 2.00 bits per heavy atom. The molecule has 0 saturated carbocycles. The molecule has 3 aromatic rings. The summed E-state index contributed by atoms with van der Waals surface area (Å²) in [5, 5.41) is 3.58. The summed E-state index contributed by atoms with van der Waals surface area (Å²) in [5.41, 5.74) is 9.32. The molecule has 0 bridgehead atoms. The number of esters is 1. The van der Waals surface area contributed by atoms with Gasteiger partial charge in [0.05, 0.1) is 18.4 Å². The van der Waals surface area contributed by atoms with Crippen LogP contribution in [0.25, 0.3) is 10.2 Å². The van der Waals surface area contributed by atoms with E-state index in [1.807, 2.05) is 19.9 Å². The molecule has 0 radical (unpaired) electrons. The lowest BCUT2D eigenvalue weighted by Crippen LogP contribution is -2.12. The van der Waals surface area contributed by atoms with Gasteiger partial charge >= 0.3 is 5.97 Å².